The zero-order chi connectivity index (χ0) is 32.8. The van der Waals surface area contributed by atoms with Crippen LogP contribution in [-0.4, -0.2) is 111 Å². The Morgan fingerprint density at radius 3 is 2.33 bits per heavy atom. The van der Waals surface area contributed by atoms with Gasteiger partial charge in [-0.25, -0.2) is 8.42 Å². The first-order valence-electron chi connectivity index (χ1n) is 15.2. The number of aliphatic hydroxyl groups is 1. The van der Waals surface area contributed by atoms with Crippen molar-refractivity contribution in [1.29, 1.82) is 0 Å². The van der Waals surface area contributed by atoms with Crippen LogP contribution in [0.2, 0.25) is 0 Å². The number of Topliss-reactive ketones (excluding diaryl/α,β-unsaturated/α-hetero) is 1. The molecule has 248 valence electrons. The maximum Gasteiger partial charge on any atom is 0.245 e. The summed E-state index contributed by atoms with van der Waals surface area (Å²) in [6.07, 6.45) is 6.42. The highest BCUT2D eigenvalue weighted by atomic mass is 32.2. The highest BCUT2D eigenvalue weighted by molar-refractivity contribution is 7.90. The first-order chi connectivity index (χ1) is 21.3. The van der Waals surface area contributed by atoms with Crippen LogP contribution < -0.4 is 16.4 Å². The van der Waals surface area contributed by atoms with Crippen molar-refractivity contribution in [2.45, 2.75) is 67.5 Å². The number of aliphatic hydroxyl groups excluding tert-OH is 1. The first kappa shape index (κ1) is 34.7. The topological polar surface area (TPSA) is 198 Å². The van der Waals surface area contributed by atoms with Crippen LogP contribution in [0, 0.1) is 5.92 Å². The number of amides is 3. The van der Waals surface area contributed by atoms with Crippen LogP contribution >= 0.6 is 0 Å². The summed E-state index contributed by atoms with van der Waals surface area (Å²) >= 11 is 0. The monoisotopic (exact) mass is 648 g/mol. The van der Waals surface area contributed by atoms with Crippen molar-refractivity contribution in [3.05, 3.63) is 41.5 Å². The smallest absolute Gasteiger partial charge is 0.245 e. The summed E-state index contributed by atoms with van der Waals surface area (Å²) in [5.41, 5.74) is 4.31. The van der Waals surface area contributed by atoms with E-state index in [9.17, 15) is 32.7 Å². The number of carbonyl (C=O) groups is 4. The Labute approximate surface area is 263 Å². The summed E-state index contributed by atoms with van der Waals surface area (Å²) in [4.78, 5) is 56.3. The molecule has 3 amide bonds. The fourth-order valence-corrected chi connectivity index (χ4v) is 6.55. The van der Waals surface area contributed by atoms with Gasteiger partial charge < -0.3 is 30.9 Å². The predicted molar refractivity (Wildman–Crippen MR) is 164 cm³/mol. The van der Waals surface area contributed by atoms with E-state index in [0.717, 1.165) is 31.1 Å². The molecule has 0 spiro atoms. The quantitative estimate of drug-likeness (QED) is 0.144. The third-order valence-corrected chi connectivity index (χ3v) is 9.92. The predicted octanol–water partition coefficient (Wildman–Crippen LogP) is -0.353. The molecule has 1 aromatic rings. The first-order valence-corrected chi connectivity index (χ1v) is 17.1. The van der Waals surface area contributed by atoms with E-state index in [1.54, 1.807) is 6.92 Å². The minimum atomic E-state index is -3.51. The molecule has 2 saturated heterocycles. The molecule has 2 heterocycles. The van der Waals surface area contributed by atoms with E-state index in [1.807, 2.05) is 11.0 Å². The van der Waals surface area contributed by atoms with Gasteiger partial charge in [0.2, 0.25) is 17.7 Å². The number of nitrogens with one attached hydrogen (secondary N) is 2. The molecule has 45 heavy (non-hydrogen) atoms. The minimum Gasteiger partial charge on any atom is -0.394 e. The lowest BCUT2D eigenvalue weighted by atomic mass is 9.69. The Morgan fingerprint density at radius 2 is 1.80 bits per heavy atom. The van der Waals surface area contributed by atoms with Crippen LogP contribution in [-0.2, 0) is 44.9 Å². The Kier molecular flexibility index (Phi) is 11.2. The number of ether oxygens (including phenoxy) is 2. The van der Waals surface area contributed by atoms with Crippen molar-refractivity contribution < 1.29 is 42.2 Å². The van der Waals surface area contributed by atoms with Gasteiger partial charge in [-0.1, -0.05) is 23.8 Å². The van der Waals surface area contributed by atoms with Crippen LogP contribution in [0.3, 0.4) is 0 Å². The van der Waals surface area contributed by atoms with Crippen molar-refractivity contribution in [1.82, 2.24) is 15.5 Å². The van der Waals surface area contributed by atoms with Gasteiger partial charge in [-0.15, -0.1) is 0 Å². The number of hydrogen-bond acceptors (Lipinski definition) is 10. The van der Waals surface area contributed by atoms with Gasteiger partial charge in [0.1, 0.15) is 17.2 Å². The van der Waals surface area contributed by atoms with E-state index in [-0.39, 0.29) is 30.9 Å². The fraction of sp³-hybridized carbons (Fsp3) is 0.613. The second kappa shape index (κ2) is 14.5. The van der Waals surface area contributed by atoms with E-state index >= 15 is 0 Å². The van der Waals surface area contributed by atoms with Crippen LogP contribution in [0.5, 0.6) is 0 Å². The summed E-state index contributed by atoms with van der Waals surface area (Å²) in [5.74, 6) is -3.95. The summed E-state index contributed by atoms with van der Waals surface area (Å²) in [6, 6.07) is 4.33. The van der Waals surface area contributed by atoms with Gasteiger partial charge in [0, 0.05) is 25.8 Å². The number of epoxide rings is 1. The average Bonchev–Trinajstić information content (AvgIpc) is 3.77. The van der Waals surface area contributed by atoms with Gasteiger partial charge in [-0.2, -0.15) is 0 Å². The van der Waals surface area contributed by atoms with E-state index in [1.165, 1.54) is 24.3 Å². The molecular formula is C31H44N4O9S. The number of nitrogens with two attached hydrogens (primary N) is 1. The fourth-order valence-electron chi connectivity index (χ4n) is 5.92. The number of nitrogens with zero attached hydrogens (tertiary/aromatic N) is 1. The lowest BCUT2D eigenvalue weighted by molar-refractivity contribution is -0.142. The van der Waals surface area contributed by atoms with Crippen molar-refractivity contribution in [3.63, 3.8) is 0 Å². The molecule has 14 heteroatoms. The number of rotatable bonds is 15. The molecule has 13 nitrogen and oxygen atoms in total. The van der Waals surface area contributed by atoms with Gasteiger partial charge >= 0.3 is 0 Å². The molecule has 0 radical (unpaired) electrons. The van der Waals surface area contributed by atoms with E-state index in [4.69, 9.17) is 15.2 Å². The summed E-state index contributed by atoms with van der Waals surface area (Å²) in [7, 11) is -3.51. The molecule has 3 aliphatic rings. The number of hydrogen-bond donors (Lipinski definition) is 4. The van der Waals surface area contributed by atoms with Gasteiger partial charge in [0.25, 0.3) is 0 Å². The molecule has 1 aliphatic carbocycles. The second-order valence-corrected chi connectivity index (χ2v) is 14.4. The number of benzene rings is 1. The Morgan fingerprint density at radius 1 is 1.13 bits per heavy atom. The van der Waals surface area contributed by atoms with Crippen LogP contribution in [0.4, 0.5) is 0 Å². The Balaban J connectivity index is 1.70. The number of primary amides is 1. The van der Waals surface area contributed by atoms with Crippen molar-refractivity contribution >= 4 is 33.3 Å². The number of sulfone groups is 1. The summed E-state index contributed by atoms with van der Waals surface area (Å²) < 4.78 is 35.0. The normalized spacial score (nSPS) is 23.1. The highest BCUT2D eigenvalue weighted by Gasteiger charge is 2.58. The molecule has 1 aromatic carbocycles. The van der Waals surface area contributed by atoms with Crippen LogP contribution in [0.25, 0.3) is 0 Å². The molecule has 4 rings (SSSR count). The third kappa shape index (κ3) is 8.76. The summed E-state index contributed by atoms with van der Waals surface area (Å²) in [6.45, 7) is 2.98. The van der Waals surface area contributed by atoms with Crippen molar-refractivity contribution in [3.8, 4) is 0 Å². The van der Waals surface area contributed by atoms with Gasteiger partial charge in [0.15, 0.2) is 15.6 Å². The Hall–Kier alpha value is -3.17. The maximum atomic E-state index is 14.1. The standard InChI is InChI=1S/C31H44N4O9S/c1-30(20-44-30)27(38)24(16-21-6-4-3-5-7-21)31(29(32)40,17-22-8-10-23(11-9-22)45(2,41)42)34-28(39)25(19-36)33-26(37)18-35-12-14-43-15-13-35/h6,8-11,24-25,36H,3-5,7,12-20H2,1-2H3,(H2,32,40)(H,33,37)(H,34,39)/t24-,25+,30-,31?/m1/s1. The zero-order valence-corrected chi connectivity index (χ0v) is 26.7. The minimum absolute atomic E-state index is 0.0221. The lowest BCUT2D eigenvalue weighted by Gasteiger charge is -2.40. The van der Waals surface area contributed by atoms with E-state index < -0.39 is 63.0 Å². The van der Waals surface area contributed by atoms with Crippen LogP contribution in [0.15, 0.2) is 40.8 Å². The van der Waals surface area contributed by atoms with Crippen LogP contribution in [0.1, 0.15) is 44.6 Å². The molecular weight excluding hydrogens is 604 g/mol. The van der Waals surface area contributed by atoms with Gasteiger partial charge in [0.05, 0.1) is 43.8 Å². The van der Waals surface area contributed by atoms with E-state index in [2.05, 4.69) is 10.6 Å². The molecule has 5 N–H and O–H groups in total. The highest BCUT2D eigenvalue weighted by Crippen LogP contribution is 2.40. The maximum absolute atomic E-state index is 14.1. The van der Waals surface area contributed by atoms with Crippen molar-refractivity contribution in [2.75, 3.05) is 52.3 Å². The number of allylic oxidation sites excluding steroid dienone is 2. The number of carbonyl (C=O) groups excluding carboxylic acids is 4. The average molecular weight is 649 g/mol. The number of morpholine rings is 1. The van der Waals surface area contributed by atoms with E-state index in [0.29, 0.717) is 38.3 Å². The zero-order valence-electron chi connectivity index (χ0n) is 25.9. The molecule has 0 saturated carbocycles. The SMILES string of the molecule is C[C@]1(C(=O)[C@@H](CC2=CCCCC2)C(Cc2ccc(S(C)(=O)=O)cc2)(NC(=O)[C@H](CO)NC(=O)CN2CCOCC2)C(N)=O)CO1. The van der Waals surface area contributed by atoms with Crippen molar-refractivity contribution in [2.24, 2.45) is 11.7 Å². The molecule has 2 fully saturated rings. The molecule has 0 aromatic heterocycles. The lowest BCUT2D eigenvalue weighted by Crippen LogP contribution is -2.68. The molecule has 1 unspecified atom stereocenters. The number of ketones is 1. The molecule has 0 bridgehead atoms. The molecule has 2 aliphatic heterocycles. The van der Waals surface area contributed by atoms with Gasteiger partial charge in [-0.05, 0) is 56.7 Å². The largest absolute Gasteiger partial charge is 0.394 e. The molecule has 4 atom stereocenters. The second-order valence-electron chi connectivity index (χ2n) is 12.4. The Bertz CT molecular complexity index is 1400. The summed E-state index contributed by atoms with van der Waals surface area (Å²) in [5, 5.41) is 15.4. The van der Waals surface area contributed by atoms with Gasteiger partial charge in [-0.3, -0.25) is 24.1 Å². The third-order valence-electron chi connectivity index (χ3n) is 8.79.